The van der Waals surface area contributed by atoms with Crippen LogP contribution in [0.25, 0.3) is 0 Å². The van der Waals surface area contributed by atoms with E-state index in [-0.39, 0.29) is 4.75 Å². The summed E-state index contributed by atoms with van der Waals surface area (Å²) >= 11 is 1.05. The minimum Gasteiger partial charge on any atom is -0.329 e. The summed E-state index contributed by atoms with van der Waals surface area (Å²) in [6.07, 6.45) is 7.76. The maximum Gasteiger partial charge on any atom is 0.0421 e. The summed E-state index contributed by atoms with van der Waals surface area (Å²) in [5.41, 5.74) is 0. The van der Waals surface area contributed by atoms with Gasteiger partial charge in [0.25, 0.3) is 0 Å². The van der Waals surface area contributed by atoms with Gasteiger partial charge in [-0.3, -0.25) is 0 Å². The molecule has 0 saturated heterocycles. The highest BCUT2D eigenvalue weighted by atomic mass is 32.2. The van der Waals surface area contributed by atoms with Gasteiger partial charge in [-0.1, -0.05) is 6.08 Å². The topological polar surface area (TPSA) is 20.2 Å². The zero-order valence-corrected chi connectivity index (χ0v) is 6.99. The lowest BCUT2D eigenvalue weighted by Crippen LogP contribution is -2.00. The van der Waals surface area contributed by atoms with E-state index in [0.29, 0.717) is 0 Å². The van der Waals surface area contributed by atoms with Crippen molar-refractivity contribution in [3.8, 4) is 0 Å². The van der Waals surface area contributed by atoms with Crippen LogP contribution in [-0.2, 0) is 0 Å². The maximum atomic E-state index is 8.85. The SMILES string of the molecule is C=CCCCC1(SO)CC1. The molecule has 0 radical (unpaired) electrons. The zero-order chi connectivity index (χ0) is 7.45. The van der Waals surface area contributed by atoms with Crippen LogP contribution in [-0.4, -0.2) is 9.30 Å². The van der Waals surface area contributed by atoms with E-state index in [2.05, 4.69) is 6.58 Å². The smallest absolute Gasteiger partial charge is 0.0421 e. The molecule has 0 aromatic heterocycles. The van der Waals surface area contributed by atoms with Gasteiger partial charge in [0.05, 0.1) is 0 Å². The van der Waals surface area contributed by atoms with Gasteiger partial charge in [0.15, 0.2) is 0 Å². The van der Waals surface area contributed by atoms with E-state index in [9.17, 15) is 0 Å². The molecule has 0 amide bonds. The minimum absolute atomic E-state index is 0.267. The van der Waals surface area contributed by atoms with Gasteiger partial charge in [-0.05, 0) is 44.1 Å². The second-order valence-electron chi connectivity index (χ2n) is 2.96. The summed E-state index contributed by atoms with van der Waals surface area (Å²) in [6.45, 7) is 3.66. The summed E-state index contributed by atoms with van der Waals surface area (Å²) < 4.78 is 9.11. The van der Waals surface area contributed by atoms with E-state index in [4.69, 9.17) is 4.55 Å². The summed E-state index contributed by atoms with van der Waals surface area (Å²) in [7, 11) is 0. The second kappa shape index (κ2) is 3.44. The fourth-order valence-electron chi connectivity index (χ4n) is 1.09. The minimum atomic E-state index is 0.267. The molecule has 58 valence electrons. The first-order valence-electron chi connectivity index (χ1n) is 3.76. The van der Waals surface area contributed by atoms with Gasteiger partial charge in [-0.25, -0.2) is 0 Å². The van der Waals surface area contributed by atoms with Crippen LogP contribution in [0.5, 0.6) is 0 Å². The quantitative estimate of drug-likeness (QED) is 0.377. The van der Waals surface area contributed by atoms with Crippen molar-refractivity contribution >= 4 is 12.0 Å². The Hall–Kier alpha value is 0.0500. The van der Waals surface area contributed by atoms with E-state index in [1.807, 2.05) is 6.08 Å². The van der Waals surface area contributed by atoms with Crippen LogP contribution in [0.1, 0.15) is 32.1 Å². The highest BCUT2D eigenvalue weighted by Gasteiger charge is 2.42. The fraction of sp³-hybridized carbons (Fsp3) is 0.750. The summed E-state index contributed by atoms with van der Waals surface area (Å²) in [5.74, 6) is 0. The van der Waals surface area contributed by atoms with Gasteiger partial charge >= 0.3 is 0 Å². The van der Waals surface area contributed by atoms with E-state index >= 15 is 0 Å². The number of hydrogen-bond donors (Lipinski definition) is 1. The Morgan fingerprint density at radius 1 is 1.60 bits per heavy atom. The van der Waals surface area contributed by atoms with Gasteiger partial charge in [-0.15, -0.1) is 6.58 Å². The molecule has 0 unspecified atom stereocenters. The lowest BCUT2D eigenvalue weighted by atomic mass is 10.2. The molecule has 10 heavy (non-hydrogen) atoms. The number of rotatable bonds is 5. The Balaban J connectivity index is 2.06. The Morgan fingerprint density at radius 3 is 2.70 bits per heavy atom. The summed E-state index contributed by atoms with van der Waals surface area (Å²) in [5, 5.41) is 0. The van der Waals surface area contributed by atoms with Crippen LogP contribution in [0.4, 0.5) is 0 Å². The van der Waals surface area contributed by atoms with Crippen molar-refractivity contribution in [1.29, 1.82) is 0 Å². The molecule has 1 saturated carbocycles. The molecule has 0 heterocycles. The Bertz CT molecular complexity index is 118. The predicted molar refractivity (Wildman–Crippen MR) is 46.2 cm³/mol. The lowest BCUT2D eigenvalue weighted by molar-refractivity contribution is 0.620. The molecule has 0 aromatic rings. The molecule has 1 nitrogen and oxygen atoms in total. The molecule has 0 aliphatic heterocycles. The van der Waals surface area contributed by atoms with Crippen molar-refractivity contribution in [3.05, 3.63) is 12.7 Å². The van der Waals surface area contributed by atoms with E-state index in [1.54, 1.807) is 0 Å². The van der Waals surface area contributed by atoms with Gasteiger partial charge in [0.2, 0.25) is 0 Å². The first kappa shape index (κ1) is 8.15. The molecule has 1 N–H and O–H groups in total. The third-order valence-corrected chi connectivity index (χ3v) is 3.04. The van der Waals surface area contributed by atoms with Crippen LogP contribution in [0, 0.1) is 0 Å². The standard InChI is InChI=1S/C8H14OS/c1-2-3-4-5-8(10-9)6-7-8/h2,9H,1,3-7H2. The van der Waals surface area contributed by atoms with Crippen molar-refractivity contribution in [3.63, 3.8) is 0 Å². The molecule has 2 heteroatoms. The first-order chi connectivity index (χ1) is 4.83. The average Bonchev–Trinajstić information content (AvgIpc) is 2.70. The largest absolute Gasteiger partial charge is 0.329 e. The van der Waals surface area contributed by atoms with Crippen LogP contribution < -0.4 is 0 Å². The third kappa shape index (κ3) is 2.03. The van der Waals surface area contributed by atoms with E-state index in [1.165, 1.54) is 19.3 Å². The predicted octanol–water partition coefficient (Wildman–Crippen LogP) is 3.08. The van der Waals surface area contributed by atoms with Gasteiger partial charge in [-0.2, -0.15) is 0 Å². The van der Waals surface area contributed by atoms with Crippen LogP contribution in [0.2, 0.25) is 0 Å². The van der Waals surface area contributed by atoms with Crippen molar-refractivity contribution in [2.45, 2.75) is 36.9 Å². The molecule has 0 spiro atoms. The maximum absolute atomic E-state index is 8.85. The van der Waals surface area contributed by atoms with Crippen molar-refractivity contribution < 1.29 is 4.55 Å². The van der Waals surface area contributed by atoms with Crippen molar-refractivity contribution in [2.24, 2.45) is 0 Å². The fourth-order valence-corrected chi connectivity index (χ4v) is 1.62. The number of unbranched alkanes of at least 4 members (excludes halogenated alkanes) is 1. The Morgan fingerprint density at radius 2 is 2.30 bits per heavy atom. The monoisotopic (exact) mass is 158 g/mol. The van der Waals surface area contributed by atoms with E-state index in [0.717, 1.165) is 24.9 Å². The zero-order valence-electron chi connectivity index (χ0n) is 6.18. The van der Waals surface area contributed by atoms with Crippen molar-refractivity contribution in [2.75, 3.05) is 0 Å². The van der Waals surface area contributed by atoms with Crippen LogP contribution in [0.3, 0.4) is 0 Å². The van der Waals surface area contributed by atoms with E-state index < -0.39 is 0 Å². The Kier molecular flexibility index (Phi) is 2.81. The summed E-state index contributed by atoms with van der Waals surface area (Å²) in [6, 6.07) is 0. The van der Waals surface area contributed by atoms with Gasteiger partial charge in [0, 0.05) is 4.75 Å². The molecule has 0 bridgehead atoms. The molecular formula is C8H14OS. The summed E-state index contributed by atoms with van der Waals surface area (Å²) in [4.78, 5) is 0. The molecular weight excluding hydrogens is 144 g/mol. The Labute approximate surface area is 66.7 Å². The third-order valence-electron chi connectivity index (χ3n) is 2.04. The first-order valence-corrected chi connectivity index (χ1v) is 4.54. The molecule has 1 rings (SSSR count). The molecule has 1 aliphatic carbocycles. The lowest BCUT2D eigenvalue weighted by Gasteiger charge is -2.07. The number of allylic oxidation sites excluding steroid dienone is 1. The molecule has 1 fully saturated rings. The molecule has 0 atom stereocenters. The average molecular weight is 158 g/mol. The van der Waals surface area contributed by atoms with Crippen LogP contribution in [0.15, 0.2) is 12.7 Å². The molecule has 1 aliphatic rings. The number of hydrogen-bond acceptors (Lipinski definition) is 2. The van der Waals surface area contributed by atoms with Gasteiger partial charge in [0.1, 0.15) is 0 Å². The van der Waals surface area contributed by atoms with Crippen LogP contribution >= 0.6 is 12.0 Å². The molecule has 0 aromatic carbocycles. The second-order valence-corrected chi connectivity index (χ2v) is 4.00. The highest BCUT2D eigenvalue weighted by molar-refractivity contribution is 7.95. The normalized spacial score (nSPS) is 20.5. The van der Waals surface area contributed by atoms with Gasteiger partial charge < -0.3 is 4.55 Å². The highest BCUT2D eigenvalue weighted by Crippen LogP contribution is 2.50. The van der Waals surface area contributed by atoms with Crippen molar-refractivity contribution in [1.82, 2.24) is 0 Å².